The molecule has 0 aliphatic carbocycles. The largest absolute Gasteiger partial charge is 0.382 e. The Morgan fingerprint density at radius 3 is 2.81 bits per heavy atom. The Hall–Kier alpha value is -1.65. The smallest absolute Gasteiger partial charge is 0.165 e. The highest BCUT2D eigenvalue weighted by atomic mass is 15.1. The van der Waals surface area contributed by atoms with Gasteiger partial charge in [-0.3, -0.25) is 0 Å². The van der Waals surface area contributed by atoms with Gasteiger partial charge in [0.15, 0.2) is 11.5 Å². The Bertz CT molecular complexity index is 488. The first-order valence-corrected chi connectivity index (χ1v) is 5.73. The van der Waals surface area contributed by atoms with Gasteiger partial charge < -0.3 is 10.3 Å². The van der Waals surface area contributed by atoms with E-state index in [1.807, 2.05) is 6.92 Å². The molecule has 0 bridgehead atoms. The van der Waals surface area contributed by atoms with E-state index in [1.165, 1.54) is 0 Å². The number of nitrogens with two attached hydrogens (primary N) is 1. The summed E-state index contributed by atoms with van der Waals surface area (Å²) in [6.07, 6.45) is 4.86. The molecule has 0 aliphatic rings. The fraction of sp³-hybridized carbons (Fsp3) is 0.545. The van der Waals surface area contributed by atoms with Crippen molar-refractivity contribution in [2.75, 3.05) is 5.73 Å². The van der Waals surface area contributed by atoms with Gasteiger partial charge in [0.25, 0.3) is 0 Å². The maximum Gasteiger partial charge on any atom is 0.165 e. The second-order valence-corrected chi connectivity index (χ2v) is 3.84. The van der Waals surface area contributed by atoms with Crippen molar-refractivity contribution in [3.05, 3.63) is 12.2 Å². The topological polar surface area (TPSA) is 69.6 Å². The molecule has 16 heavy (non-hydrogen) atoms. The molecule has 5 heteroatoms. The molecular weight excluding hydrogens is 202 g/mol. The second kappa shape index (κ2) is 4.47. The summed E-state index contributed by atoms with van der Waals surface area (Å²) in [5, 5.41) is 0. The van der Waals surface area contributed by atoms with Gasteiger partial charge in [0, 0.05) is 13.0 Å². The minimum Gasteiger partial charge on any atom is -0.382 e. The molecule has 0 fully saturated rings. The number of aromatic nitrogens is 4. The van der Waals surface area contributed by atoms with Crippen LogP contribution in [0.5, 0.6) is 0 Å². The molecule has 2 rings (SSSR count). The molecule has 0 amide bonds. The Morgan fingerprint density at radius 1 is 1.31 bits per heavy atom. The molecule has 2 aromatic rings. The third-order valence-electron chi connectivity index (χ3n) is 2.61. The van der Waals surface area contributed by atoms with Crippen molar-refractivity contribution in [3.8, 4) is 0 Å². The van der Waals surface area contributed by atoms with Crippen LogP contribution < -0.4 is 5.73 Å². The van der Waals surface area contributed by atoms with E-state index in [0.717, 1.165) is 37.3 Å². The normalized spacial score (nSPS) is 11.1. The van der Waals surface area contributed by atoms with E-state index in [1.54, 1.807) is 6.33 Å². The van der Waals surface area contributed by atoms with Crippen LogP contribution in [0.1, 0.15) is 32.5 Å². The zero-order chi connectivity index (χ0) is 11.5. The van der Waals surface area contributed by atoms with Crippen LogP contribution in [0, 0.1) is 0 Å². The number of anilines is 1. The molecule has 2 N–H and O–H groups in total. The number of nitrogens with zero attached hydrogens (tertiary/aromatic N) is 4. The minimum absolute atomic E-state index is 0.483. The predicted molar refractivity (Wildman–Crippen MR) is 64.0 cm³/mol. The second-order valence-electron chi connectivity index (χ2n) is 3.84. The van der Waals surface area contributed by atoms with Crippen molar-refractivity contribution in [1.29, 1.82) is 0 Å². The Morgan fingerprint density at radius 2 is 2.12 bits per heavy atom. The summed E-state index contributed by atoms with van der Waals surface area (Å²) in [6, 6.07) is 0. The van der Waals surface area contributed by atoms with Crippen LogP contribution in [0.2, 0.25) is 0 Å². The SMILES string of the molecule is CCCCn1cnc2c(N)nc(CC)nc21. The monoisotopic (exact) mass is 219 g/mol. The summed E-state index contributed by atoms with van der Waals surface area (Å²) < 4.78 is 2.05. The standard InChI is InChI=1S/C11H17N5/c1-3-5-6-16-7-13-9-10(12)14-8(4-2)15-11(9)16/h7H,3-6H2,1-2H3,(H2,12,14,15). The van der Waals surface area contributed by atoms with Crippen LogP contribution in [0.15, 0.2) is 6.33 Å². The van der Waals surface area contributed by atoms with Gasteiger partial charge in [0.2, 0.25) is 0 Å². The van der Waals surface area contributed by atoms with Crippen molar-refractivity contribution in [2.24, 2.45) is 0 Å². The Labute approximate surface area is 94.7 Å². The average Bonchev–Trinajstić information content (AvgIpc) is 2.70. The van der Waals surface area contributed by atoms with E-state index in [-0.39, 0.29) is 0 Å². The van der Waals surface area contributed by atoms with Crippen LogP contribution in [0.25, 0.3) is 11.2 Å². The molecule has 0 aliphatic heterocycles. The maximum absolute atomic E-state index is 5.85. The number of aryl methyl sites for hydroxylation is 2. The molecule has 86 valence electrons. The first-order chi connectivity index (χ1) is 7.76. The first-order valence-electron chi connectivity index (χ1n) is 5.73. The van der Waals surface area contributed by atoms with E-state index in [0.29, 0.717) is 11.3 Å². The van der Waals surface area contributed by atoms with E-state index in [9.17, 15) is 0 Å². The predicted octanol–water partition coefficient (Wildman–Crippen LogP) is 1.77. The Kier molecular flexibility index (Phi) is 3.03. The van der Waals surface area contributed by atoms with Gasteiger partial charge in [-0.05, 0) is 6.42 Å². The van der Waals surface area contributed by atoms with Crippen molar-refractivity contribution in [1.82, 2.24) is 19.5 Å². The molecule has 2 aromatic heterocycles. The lowest BCUT2D eigenvalue weighted by Gasteiger charge is -2.03. The molecule has 0 atom stereocenters. The molecule has 0 radical (unpaired) electrons. The molecule has 0 saturated carbocycles. The lowest BCUT2D eigenvalue weighted by Crippen LogP contribution is -2.03. The highest BCUT2D eigenvalue weighted by molar-refractivity contribution is 5.81. The third kappa shape index (κ3) is 1.85. The molecule has 0 spiro atoms. The van der Waals surface area contributed by atoms with E-state index in [4.69, 9.17) is 5.73 Å². The number of rotatable bonds is 4. The van der Waals surface area contributed by atoms with Crippen LogP contribution in [0.4, 0.5) is 5.82 Å². The number of imidazole rings is 1. The summed E-state index contributed by atoms with van der Waals surface area (Å²) in [6.45, 7) is 5.12. The quantitative estimate of drug-likeness (QED) is 0.850. The lowest BCUT2D eigenvalue weighted by molar-refractivity contribution is 0.640. The molecular formula is C11H17N5. The zero-order valence-corrected chi connectivity index (χ0v) is 9.77. The first kappa shape index (κ1) is 10.9. The summed E-state index contributed by atoms with van der Waals surface area (Å²) in [5.41, 5.74) is 7.42. The van der Waals surface area contributed by atoms with Crippen LogP contribution in [0.3, 0.4) is 0 Å². The summed E-state index contributed by atoms with van der Waals surface area (Å²) in [5.74, 6) is 1.26. The summed E-state index contributed by atoms with van der Waals surface area (Å²) in [4.78, 5) is 12.9. The number of hydrogen-bond donors (Lipinski definition) is 1. The van der Waals surface area contributed by atoms with Gasteiger partial charge in [-0.1, -0.05) is 20.3 Å². The van der Waals surface area contributed by atoms with Crippen molar-refractivity contribution in [3.63, 3.8) is 0 Å². The summed E-state index contributed by atoms with van der Waals surface area (Å²) >= 11 is 0. The van der Waals surface area contributed by atoms with Gasteiger partial charge in [-0.2, -0.15) is 0 Å². The number of nitrogen functional groups attached to an aromatic ring is 1. The fourth-order valence-electron chi connectivity index (χ4n) is 1.66. The van der Waals surface area contributed by atoms with Crippen LogP contribution >= 0.6 is 0 Å². The Balaban J connectivity index is 2.47. The van der Waals surface area contributed by atoms with E-state index < -0.39 is 0 Å². The van der Waals surface area contributed by atoms with Gasteiger partial charge in [0.1, 0.15) is 11.3 Å². The fourth-order valence-corrected chi connectivity index (χ4v) is 1.66. The highest BCUT2D eigenvalue weighted by Crippen LogP contribution is 2.16. The van der Waals surface area contributed by atoms with E-state index >= 15 is 0 Å². The molecule has 5 nitrogen and oxygen atoms in total. The van der Waals surface area contributed by atoms with Gasteiger partial charge in [0.05, 0.1) is 6.33 Å². The number of fused-ring (bicyclic) bond motifs is 1. The number of hydrogen-bond acceptors (Lipinski definition) is 4. The summed E-state index contributed by atoms with van der Waals surface area (Å²) in [7, 11) is 0. The minimum atomic E-state index is 0.483. The molecule has 2 heterocycles. The highest BCUT2D eigenvalue weighted by Gasteiger charge is 2.09. The van der Waals surface area contributed by atoms with Crippen molar-refractivity contribution < 1.29 is 0 Å². The molecule has 0 aromatic carbocycles. The van der Waals surface area contributed by atoms with Gasteiger partial charge in [-0.25, -0.2) is 15.0 Å². The van der Waals surface area contributed by atoms with Gasteiger partial charge in [-0.15, -0.1) is 0 Å². The maximum atomic E-state index is 5.85. The average molecular weight is 219 g/mol. The van der Waals surface area contributed by atoms with Crippen molar-refractivity contribution in [2.45, 2.75) is 39.7 Å². The third-order valence-corrected chi connectivity index (χ3v) is 2.61. The van der Waals surface area contributed by atoms with Crippen molar-refractivity contribution >= 4 is 17.0 Å². The van der Waals surface area contributed by atoms with Crippen LogP contribution in [-0.2, 0) is 13.0 Å². The molecule has 0 unspecified atom stereocenters. The lowest BCUT2D eigenvalue weighted by atomic mass is 10.3. The van der Waals surface area contributed by atoms with E-state index in [2.05, 4.69) is 26.4 Å². The van der Waals surface area contributed by atoms with Gasteiger partial charge >= 0.3 is 0 Å². The zero-order valence-electron chi connectivity index (χ0n) is 9.77. The number of unbranched alkanes of at least 4 members (excludes halogenated alkanes) is 1. The van der Waals surface area contributed by atoms with Crippen LogP contribution in [-0.4, -0.2) is 19.5 Å². The molecule has 0 saturated heterocycles.